The lowest BCUT2D eigenvalue weighted by atomic mass is 10.0. The second kappa shape index (κ2) is 4.63. The maximum Gasteiger partial charge on any atom is 0.162 e. The fourth-order valence-electron chi connectivity index (χ4n) is 1.85. The van der Waals surface area contributed by atoms with Gasteiger partial charge in [-0.1, -0.05) is 35.9 Å². The molecular weight excluding hydrogens is 208 g/mol. The largest absolute Gasteiger partial charge is 0.294 e. The first kappa shape index (κ1) is 10.4. The maximum atomic E-state index is 11.8. The van der Waals surface area contributed by atoms with Gasteiger partial charge in [0.25, 0.3) is 0 Å². The number of allylic oxidation sites excluding steroid dienone is 2. The van der Waals surface area contributed by atoms with Crippen molar-refractivity contribution in [2.45, 2.75) is 25.7 Å². The normalized spacial score (nSPS) is 15.1. The van der Waals surface area contributed by atoms with Crippen molar-refractivity contribution in [1.29, 1.82) is 0 Å². The van der Waals surface area contributed by atoms with Crippen LogP contribution in [0.15, 0.2) is 35.9 Å². The molecule has 2 heteroatoms. The second-order valence-electron chi connectivity index (χ2n) is 3.81. The zero-order valence-electron chi connectivity index (χ0n) is 8.50. The van der Waals surface area contributed by atoms with Crippen molar-refractivity contribution < 1.29 is 4.79 Å². The summed E-state index contributed by atoms with van der Waals surface area (Å²) in [6.07, 6.45) is 5.58. The summed E-state index contributed by atoms with van der Waals surface area (Å²) in [7, 11) is 0. The third kappa shape index (κ3) is 2.48. The van der Waals surface area contributed by atoms with Gasteiger partial charge in [0.05, 0.1) is 0 Å². The van der Waals surface area contributed by atoms with Crippen LogP contribution in [0.4, 0.5) is 0 Å². The van der Waals surface area contributed by atoms with E-state index in [9.17, 15) is 4.79 Å². The summed E-state index contributed by atoms with van der Waals surface area (Å²) in [4.78, 5) is 11.8. The van der Waals surface area contributed by atoms with Crippen molar-refractivity contribution in [2.24, 2.45) is 0 Å². The van der Waals surface area contributed by atoms with Gasteiger partial charge in [-0.2, -0.15) is 0 Å². The van der Waals surface area contributed by atoms with E-state index in [4.69, 9.17) is 11.6 Å². The molecule has 78 valence electrons. The molecule has 0 unspecified atom stereocenters. The van der Waals surface area contributed by atoms with Gasteiger partial charge >= 0.3 is 0 Å². The molecule has 0 N–H and O–H groups in total. The average molecular weight is 221 g/mol. The number of benzene rings is 1. The zero-order chi connectivity index (χ0) is 10.7. The number of rotatable bonds is 3. The first-order chi connectivity index (χ1) is 7.27. The molecule has 0 atom stereocenters. The summed E-state index contributed by atoms with van der Waals surface area (Å²) < 4.78 is 0. The Hall–Kier alpha value is -1.08. The lowest BCUT2D eigenvalue weighted by molar-refractivity contribution is -0.115. The van der Waals surface area contributed by atoms with E-state index in [0.29, 0.717) is 11.4 Å². The van der Waals surface area contributed by atoms with Crippen LogP contribution in [0.2, 0.25) is 5.02 Å². The number of ketones is 1. The lowest BCUT2D eigenvalue weighted by Gasteiger charge is -2.03. The van der Waals surface area contributed by atoms with E-state index < -0.39 is 0 Å². The molecule has 1 aromatic rings. The predicted octanol–water partition coefficient (Wildman–Crippen LogP) is 3.56. The van der Waals surface area contributed by atoms with E-state index in [-0.39, 0.29) is 5.78 Å². The molecule has 0 aromatic heterocycles. The molecule has 1 aromatic carbocycles. The van der Waals surface area contributed by atoms with Crippen molar-refractivity contribution in [3.05, 3.63) is 46.5 Å². The molecule has 0 heterocycles. The van der Waals surface area contributed by atoms with Crippen LogP contribution in [0.1, 0.15) is 24.8 Å². The fourth-order valence-corrected chi connectivity index (χ4v) is 2.05. The van der Waals surface area contributed by atoms with Crippen molar-refractivity contribution in [3.8, 4) is 0 Å². The van der Waals surface area contributed by atoms with Crippen molar-refractivity contribution in [2.75, 3.05) is 0 Å². The number of Topliss-reactive ketones (excluding diaryl/α,β-unsaturated/α-hetero) is 1. The summed E-state index contributed by atoms with van der Waals surface area (Å²) in [5.41, 5.74) is 1.91. The standard InChI is InChI=1S/C13H13ClO/c14-12-8-4-3-7-11(12)9-13(15)10-5-1-2-6-10/h3-5,7-8H,1-2,6,9H2. The molecule has 0 radical (unpaired) electrons. The minimum Gasteiger partial charge on any atom is -0.294 e. The number of hydrogen-bond acceptors (Lipinski definition) is 1. The molecule has 0 fully saturated rings. The minimum atomic E-state index is 0.223. The molecule has 1 aliphatic carbocycles. The molecule has 0 saturated carbocycles. The number of carbonyl (C=O) groups excluding carboxylic acids is 1. The lowest BCUT2D eigenvalue weighted by Crippen LogP contribution is -2.05. The van der Waals surface area contributed by atoms with Crippen LogP contribution in [0.5, 0.6) is 0 Å². The Morgan fingerprint density at radius 2 is 2.13 bits per heavy atom. The van der Waals surface area contributed by atoms with Gasteiger partial charge in [0.2, 0.25) is 0 Å². The number of hydrogen-bond donors (Lipinski definition) is 0. The maximum absolute atomic E-state index is 11.8. The summed E-state index contributed by atoms with van der Waals surface area (Å²) in [6.45, 7) is 0. The fraction of sp³-hybridized carbons (Fsp3) is 0.308. The van der Waals surface area contributed by atoms with Crippen LogP contribution in [0, 0.1) is 0 Å². The van der Waals surface area contributed by atoms with E-state index in [0.717, 1.165) is 30.4 Å². The number of halogens is 1. The van der Waals surface area contributed by atoms with Gasteiger partial charge in [0.15, 0.2) is 5.78 Å². The zero-order valence-corrected chi connectivity index (χ0v) is 9.26. The highest BCUT2D eigenvalue weighted by atomic mass is 35.5. The van der Waals surface area contributed by atoms with Gasteiger partial charge in [0, 0.05) is 11.4 Å². The van der Waals surface area contributed by atoms with Crippen LogP contribution >= 0.6 is 11.6 Å². The van der Waals surface area contributed by atoms with Crippen molar-refractivity contribution >= 4 is 17.4 Å². The van der Waals surface area contributed by atoms with Gasteiger partial charge in [-0.15, -0.1) is 0 Å². The van der Waals surface area contributed by atoms with Crippen LogP contribution in [0.3, 0.4) is 0 Å². The minimum absolute atomic E-state index is 0.223. The van der Waals surface area contributed by atoms with E-state index in [1.165, 1.54) is 0 Å². The van der Waals surface area contributed by atoms with E-state index in [1.807, 2.05) is 24.3 Å². The van der Waals surface area contributed by atoms with Crippen molar-refractivity contribution in [1.82, 2.24) is 0 Å². The summed E-state index contributed by atoms with van der Waals surface area (Å²) in [5, 5.41) is 0.685. The van der Waals surface area contributed by atoms with E-state index >= 15 is 0 Å². The van der Waals surface area contributed by atoms with Crippen LogP contribution < -0.4 is 0 Å². The second-order valence-corrected chi connectivity index (χ2v) is 4.22. The smallest absolute Gasteiger partial charge is 0.162 e. The Labute approximate surface area is 94.8 Å². The van der Waals surface area contributed by atoms with Gasteiger partial charge in [-0.25, -0.2) is 0 Å². The molecule has 1 nitrogen and oxygen atoms in total. The summed E-state index contributed by atoms with van der Waals surface area (Å²) >= 11 is 6.00. The van der Waals surface area contributed by atoms with E-state index in [1.54, 1.807) is 0 Å². The number of carbonyl (C=O) groups is 1. The van der Waals surface area contributed by atoms with Gasteiger partial charge in [-0.05, 0) is 36.5 Å². The SMILES string of the molecule is O=C(Cc1ccccc1Cl)C1=CCCC1. The predicted molar refractivity (Wildman–Crippen MR) is 62.1 cm³/mol. The van der Waals surface area contributed by atoms with E-state index in [2.05, 4.69) is 6.08 Å². The Balaban J connectivity index is 2.09. The third-order valence-electron chi connectivity index (χ3n) is 2.71. The molecule has 1 aliphatic rings. The monoisotopic (exact) mass is 220 g/mol. The first-order valence-electron chi connectivity index (χ1n) is 5.23. The van der Waals surface area contributed by atoms with Gasteiger partial charge < -0.3 is 0 Å². The molecule has 0 saturated heterocycles. The molecule has 0 spiro atoms. The summed E-state index contributed by atoms with van der Waals surface area (Å²) in [5.74, 6) is 0.223. The topological polar surface area (TPSA) is 17.1 Å². The Bertz CT molecular complexity index is 407. The van der Waals surface area contributed by atoms with Crippen LogP contribution in [-0.2, 0) is 11.2 Å². The van der Waals surface area contributed by atoms with Gasteiger partial charge in [-0.3, -0.25) is 4.79 Å². The molecule has 2 rings (SSSR count). The van der Waals surface area contributed by atoms with Crippen LogP contribution in [-0.4, -0.2) is 5.78 Å². The summed E-state index contributed by atoms with van der Waals surface area (Å²) in [6, 6.07) is 7.53. The van der Waals surface area contributed by atoms with Gasteiger partial charge in [0.1, 0.15) is 0 Å². The molecular formula is C13H13ClO. The Morgan fingerprint density at radius 3 is 2.80 bits per heavy atom. The third-order valence-corrected chi connectivity index (χ3v) is 3.08. The highest BCUT2D eigenvalue weighted by molar-refractivity contribution is 6.31. The van der Waals surface area contributed by atoms with Crippen molar-refractivity contribution in [3.63, 3.8) is 0 Å². The molecule has 0 aliphatic heterocycles. The average Bonchev–Trinajstić information content (AvgIpc) is 2.74. The quantitative estimate of drug-likeness (QED) is 0.761. The molecule has 15 heavy (non-hydrogen) atoms. The molecule has 0 bridgehead atoms. The first-order valence-corrected chi connectivity index (χ1v) is 5.61. The Morgan fingerprint density at radius 1 is 1.33 bits per heavy atom. The highest BCUT2D eigenvalue weighted by Gasteiger charge is 2.14. The molecule has 0 amide bonds. The Kier molecular flexibility index (Phi) is 3.22. The van der Waals surface area contributed by atoms with Crippen LogP contribution in [0.25, 0.3) is 0 Å². The highest BCUT2D eigenvalue weighted by Crippen LogP contribution is 2.22.